The zero-order valence-corrected chi connectivity index (χ0v) is 15.8. The first kappa shape index (κ1) is 18.0. The second-order valence-corrected chi connectivity index (χ2v) is 6.98. The molecular weight excluding hydrogens is 314 g/mol. The van der Waals surface area contributed by atoms with Crippen molar-refractivity contribution in [3.63, 3.8) is 0 Å². The third-order valence-corrected chi connectivity index (χ3v) is 4.90. The van der Waals surface area contributed by atoms with Crippen LogP contribution in [0.5, 0.6) is 11.5 Å². The summed E-state index contributed by atoms with van der Waals surface area (Å²) in [6.45, 7) is 11.7. The van der Waals surface area contributed by atoms with Gasteiger partial charge in [0.05, 0.1) is 20.3 Å². The van der Waals surface area contributed by atoms with Crippen molar-refractivity contribution < 1.29 is 14.2 Å². The molecule has 0 atom stereocenters. The van der Waals surface area contributed by atoms with Gasteiger partial charge in [0.2, 0.25) is 0 Å². The molecule has 25 heavy (non-hydrogen) atoms. The van der Waals surface area contributed by atoms with Gasteiger partial charge in [0.25, 0.3) is 0 Å². The molecule has 0 N–H and O–H groups in total. The van der Waals surface area contributed by atoms with Crippen LogP contribution in [0.1, 0.15) is 30.9 Å². The molecule has 136 valence electrons. The van der Waals surface area contributed by atoms with Crippen LogP contribution in [-0.4, -0.2) is 51.5 Å². The van der Waals surface area contributed by atoms with Crippen molar-refractivity contribution in [2.24, 2.45) is 0 Å². The van der Waals surface area contributed by atoms with Gasteiger partial charge in [-0.15, -0.1) is 0 Å². The van der Waals surface area contributed by atoms with Crippen LogP contribution in [0.25, 0.3) is 10.8 Å². The van der Waals surface area contributed by atoms with Crippen LogP contribution in [-0.2, 0) is 4.74 Å². The molecule has 0 radical (unpaired) electrons. The summed E-state index contributed by atoms with van der Waals surface area (Å²) in [4.78, 5) is 2.39. The minimum Gasteiger partial charge on any atom is -0.496 e. The minimum atomic E-state index is 0.423. The Labute approximate surface area is 150 Å². The predicted octanol–water partition coefficient (Wildman–Crippen LogP) is 3.99. The fourth-order valence-corrected chi connectivity index (χ4v) is 3.37. The van der Waals surface area contributed by atoms with E-state index < -0.39 is 0 Å². The number of nitrogens with zero attached hydrogens (tertiary/aromatic N) is 1. The Morgan fingerprint density at radius 2 is 1.92 bits per heavy atom. The average molecular weight is 343 g/mol. The molecular formula is C21H29NO3. The summed E-state index contributed by atoms with van der Waals surface area (Å²) in [6, 6.07) is 8.67. The van der Waals surface area contributed by atoms with Crippen molar-refractivity contribution in [1.82, 2.24) is 4.90 Å². The van der Waals surface area contributed by atoms with Crippen LogP contribution in [0.3, 0.4) is 0 Å². The number of methoxy groups -OCH3 is 1. The SMILES string of the molecule is COc1cc2c(OCCN3CCOCC3)c(C)ccc2cc1C(C)C. The summed E-state index contributed by atoms with van der Waals surface area (Å²) >= 11 is 0. The van der Waals surface area contributed by atoms with Gasteiger partial charge in [-0.2, -0.15) is 0 Å². The smallest absolute Gasteiger partial charge is 0.130 e. The molecule has 0 bridgehead atoms. The lowest BCUT2D eigenvalue weighted by Crippen LogP contribution is -2.38. The van der Waals surface area contributed by atoms with Gasteiger partial charge in [0, 0.05) is 25.0 Å². The first-order valence-corrected chi connectivity index (χ1v) is 9.14. The van der Waals surface area contributed by atoms with Crippen molar-refractivity contribution in [3.05, 3.63) is 35.4 Å². The second-order valence-electron chi connectivity index (χ2n) is 6.98. The molecule has 2 aromatic carbocycles. The molecule has 3 rings (SSSR count). The van der Waals surface area contributed by atoms with E-state index >= 15 is 0 Å². The number of morpholine rings is 1. The number of hydrogen-bond donors (Lipinski definition) is 0. The third kappa shape index (κ3) is 4.07. The number of fused-ring (bicyclic) bond motifs is 1. The van der Waals surface area contributed by atoms with E-state index in [0.29, 0.717) is 12.5 Å². The maximum Gasteiger partial charge on any atom is 0.130 e. The molecule has 2 aromatic rings. The van der Waals surface area contributed by atoms with Crippen LogP contribution in [0.2, 0.25) is 0 Å². The number of hydrogen-bond acceptors (Lipinski definition) is 4. The van der Waals surface area contributed by atoms with Crippen LogP contribution in [0, 0.1) is 6.92 Å². The standard InChI is InChI=1S/C21H29NO3/c1-15(2)18-13-17-6-5-16(3)21(19(17)14-20(18)23-4)25-12-9-22-7-10-24-11-8-22/h5-6,13-15H,7-12H2,1-4H3. The van der Waals surface area contributed by atoms with E-state index in [2.05, 4.69) is 49.9 Å². The molecule has 0 aromatic heterocycles. The quantitative estimate of drug-likeness (QED) is 0.793. The van der Waals surface area contributed by atoms with Gasteiger partial charge in [0.1, 0.15) is 18.1 Å². The van der Waals surface area contributed by atoms with Crippen LogP contribution < -0.4 is 9.47 Å². The van der Waals surface area contributed by atoms with Crippen LogP contribution in [0.15, 0.2) is 24.3 Å². The summed E-state index contributed by atoms with van der Waals surface area (Å²) in [5, 5.41) is 2.33. The highest BCUT2D eigenvalue weighted by Gasteiger charge is 2.14. The van der Waals surface area contributed by atoms with Crippen molar-refractivity contribution in [1.29, 1.82) is 0 Å². The van der Waals surface area contributed by atoms with Gasteiger partial charge in [-0.3, -0.25) is 4.90 Å². The van der Waals surface area contributed by atoms with E-state index in [4.69, 9.17) is 14.2 Å². The Hall–Kier alpha value is -1.78. The predicted molar refractivity (Wildman–Crippen MR) is 102 cm³/mol. The van der Waals surface area contributed by atoms with Crippen molar-refractivity contribution in [3.8, 4) is 11.5 Å². The van der Waals surface area contributed by atoms with Gasteiger partial charge in [0.15, 0.2) is 0 Å². The molecule has 1 fully saturated rings. The molecule has 0 spiro atoms. The summed E-state index contributed by atoms with van der Waals surface area (Å²) < 4.78 is 17.2. The van der Waals surface area contributed by atoms with Crippen molar-refractivity contribution in [2.75, 3.05) is 46.6 Å². The number of benzene rings is 2. The average Bonchev–Trinajstić information content (AvgIpc) is 2.63. The van der Waals surface area contributed by atoms with Gasteiger partial charge in [-0.25, -0.2) is 0 Å². The molecule has 1 aliphatic rings. The van der Waals surface area contributed by atoms with Gasteiger partial charge in [-0.1, -0.05) is 26.0 Å². The van der Waals surface area contributed by atoms with E-state index in [0.717, 1.165) is 55.3 Å². The Kier molecular flexibility index (Phi) is 5.82. The highest BCUT2D eigenvalue weighted by Crippen LogP contribution is 2.37. The first-order valence-electron chi connectivity index (χ1n) is 9.14. The highest BCUT2D eigenvalue weighted by molar-refractivity contribution is 5.91. The van der Waals surface area contributed by atoms with E-state index in [1.165, 1.54) is 10.9 Å². The maximum absolute atomic E-state index is 6.21. The Bertz CT molecular complexity index is 721. The van der Waals surface area contributed by atoms with Crippen molar-refractivity contribution in [2.45, 2.75) is 26.7 Å². The third-order valence-electron chi connectivity index (χ3n) is 4.90. The summed E-state index contributed by atoms with van der Waals surface area (Å²) in [6.07, 6.45) is 0. The molecule has 0 saturated carbocycles. The molecule has 0 aliphatic carbocycles. The highest BCUT2D eigenvalue weighted by atomic mass is 16.5. The molecule has 4 heteroatoms. The first-order chi connectivity index (χ1) is 12.1. The Morgan fingerprint density at radius 1 is 1.16 bits per heavy atom. The lowest BCUT2D eigenvalue weighted by atomic mass is 9.96. The lowest BCUT2D eigenvalue weighted by molar-refractivity contribution is 0.0323. The fourth-order valence-electron chi connectivity index (χ4n) is 3.37. The summed E-state index contributed by atoms with van der Waals surface area (Å²) in [5.41, 5.74) is 2.40. The van der Waals surface area contributed by atoms with Crippen molar-refractivity contribution >= 4 is 10.8 Å². The number of ether oxygens (including phenoxy) is 3. The normalized spacial score (nSPS) is 15.7. The Morgan fingerprint density at radius 3 is 2.60 bits per heavy atom. The fraction of sp³-hybridized carbons (Fsp3) is 0.524. The molecule has 1 heterocycles. The summed E-state index contributed by atoms with van der Waals surface area (Å²) in [5.74, 6) is 2.33. The van der Waals surface area contributed by atoms with Gasteiger partial charge in [-0.05, 0) is 41.5 Å². The van der Waals surface area contributed by atoms with Gasteiger partial charge < -0.3 is 14.2 Å². The molecule has 1 aliphatic heterocycles. The number of aryl methyl sites for hydroxylation is 1. The second kappa shape index (κ2) is 8.07. The monoisotopic (exact) mass is 343 g/mol. The summed E-state index contributed by atoms with van der Waals surface area (Å²) in [7, 11) is 1.74. The van der Waals surface area contributed by atoms with Gasteiger partial charge >= 0.3 is 0 Å². The van der Waals surface area contributed by atoms with E-state index in [-0.39, 0.29) is 0 Å². The lowest BCUT2D eigenvalue weighted by Gasteiger charge is -2.26. The zero-order chi connectivity index (χ0) is 17.8. The molecule has 0 unspecified atom stereocenters. The largest absolute Gasteiger partial charge is 0.496 e. The molecule has 4 nitrogen and oxygen atoms in total. The maximum atomic E-state index is 6.21. The van der Waals surface area contributed by atoms with E-state index in [9.17, 15) is 0 Å². The Balaban J connectivity index is 1.84. The van der Waals surface area contributed by atoms with E-state index in [1.807, 2.05) is 0 Å². The number of rotatable bonds is 6. The van der Waals surface area contributed by atoms with Crippen LogP contribution in [0.4, 0.5) is 0 Å². The zero-order valence-electron chi connectivity index (χ0n) is 15.8. The minimum absolute atomic E-state index is 0.423. The van der Waals surface area contributed by atoms with Crippen LogP contribution >= 0.6 is 0 Å². The molecule has 1 saturated heterocycles. The topological polar surface area (TPSA) is 30.9 Å². The molecule has 0 amide bonds. The van der Waals surface area contributed by atoms with E-state index in [1.54, 1.807) is 7.11 Å².